The highest BCUT2D eigenvalue weighted by Gasteiger charge is 2.31. The predicted molar refractivity (Wildman–Crippen MR) is 113 cm³/mol. The maximum absolute atomic E-state index is 13.2. The van der Waals surface area contributed by atoms with Crippen molar-refractivity contribution in [3.63, 3.8) is 0 Å². The molecule has 0 bridgehead atoms. The number of thiazole rings is 1. The molecule has 2 heterocycles. The number of halogens is 1. The van der Waals surface area contributed by atoms with E-state index in [1.54, 1.807) is 17.5 Å². The Balaban J connectivity index is 1.48. The third-order valence-electron chi connectivity index (χ3n) is 5.37. The van der Waals surface area contributed by atoms with E-state index in [0.29, 0.717) is 5.56 Å². The largest absolute Gasteiger partial charge is 0.342 e. The predicted octanol–water partition coefficient (Wildman–Crippen LogP) is 4.67. The van der Waals surface area contributed by atoms with Crippen molar-refractivity contribution in [1.29, 1.82) is 0 Å². The molecule has 4 rings (SSSR count). The van der Waals surface area contributed by atoms with Crippen molar-refractivity contribution in [2.75, 3.05) is 13.1 Å². The third kappa shape index (κ3) is 5.08. The number of benzene rings is 2. The van der Waals surface area contributed by atoms with Crippen molar-refractivity contribution in [1.82, 2.24) is 15.2 Å². The standard InChI is InChI=1S/C23H24FN3OS/c24-20-10-8-17(9-11-20)15-27-13-4-7-19(16-27)21(23-25-12-14-29-23)26-22(28)18-5-2-1-3-6-18/h1-3,5-6,8-12,14,19,21H,4,7,13,15-16H2,(H,26,28). The molecule has 150 valence electrons. The first kappa shape index (κ1) is 19.7. The number of amides is 1. The van der Waals surface area contributed by atoms with Crippen LogP contribution in [-0.4, -0.2) is 28.9 Å². The third-order valence-corrected chi connectivity index (χ3v) is 6.23. The van der Waals surface area contributed by atoms with Crippen molar-refractivity contribution >= 4 is 17.2 Å². The Morgan fingerprint density at radius 2 is 2.00 bits per heavy atom. The van der Waals surface area contributed by atoms with Gasteiger partial charge in [0, 0.05) is 30.2 Å². The highest BCUT2D eigenvalue weighted by Crippen LogP contribution is 2.32. The van der Waals surface area contributed by atoms with Crippen molar-refractivity contribution in [2.24, 2.45) is 5.92 Å². The molecular weight excluding hydrogens is 385 g/mol. The van der Waals surface area contributed by atoms with Crippen LogP contribution >= 0.6 is 11.3 Å². The molecule has 1 N–H and O–H groups in total. The molecule has 3 aromatic rings. The van der Waals surface area contributed by atoms with Gasteiger partial charge in [0.05, 0.1) is 6.04 Å². The Bertz CT molecular complexity index is 915. The van der Waals surface area contributed by atoms with E-state index < -0.39 is 0 Å². The first-order valence-corrected chi connectivity index (χ1v) is 10.8. The summed E-state index contributed by atoms with van der Waals surface area (Å²) in [4.78, 5) is 19.7. The lowest BCUT2D eigenvalue weighted by Crippen LogP contribution is -2.42. The Labute approximate surface area is 174 Å². The summed E-state index contributed by atoms with van der Waals surface area (Å²) in [5.74, 6) is 0.00203. The highest BCUT2D eigenvalue weighted by molar-refractivity contribution is 7.09. The van der Waals surface area contributed by atoms with Gasteiger partial charge in [-0.05, 0) is 55.1 Å². The number of nitrogens with zero attached hydrogens (tertiary/aromatic N) is 2. The van der Waals surface area contributed by atoms with E-state index in [9.17, 15) is 9.18 Å². The maximum Gasteiger partial charge on any atom is 0.251 e. The molecule has 1 aliphatic heterocycles. The molecule has 4 nitrogen and oxygen atoms in total. The second-order valence-electron chi connectivity index (χ2n) is 7.45. The summed E-state index contributed by atoms with van der Waals surface area (Å²) in [6, 6.07) is 15.9. The Kier molecular flexibility index (Phi) is 6.32. The molecule has 29 heavy (non-hydrogen) atoms. The van der Waals surface area contributed by atoms with Crippen molar-refractivity contribution in [2.45, 2.75) is 25.4 Å². The lowest BCUT2D eigenvalue weighted by atomic mass is 9.90. The van der Waals surface area contributed by atoms with Crippen LogP contribution in [-0.2, 0) is 6.54 Å². The molecule has 0 saturated carbocycles. The second-order valence-corrected chi connectivity index (χ2v) is 8.38. The van der Waals surface area contributed by atoms with Gasteiger partial charge in [-0.15, -0.1) is 11.3 Å². The molecule has 2 atom stereocenters. The van der Waals surface area contributed by atoms with E-state index >= 15 is 0 Å². The van der Waals surface area contributed by atoms with Crippen molar-refractivity contribution in [3.8, 4) is 0 Å². The van der Waals surface area contributed by atoms with E-state index in [4.69, 9.17) is 0 Å². The summed E-state index contributed by atoms with van der Waals surface area (Å²) in [6.45, 7) is 2.66. The summed E-state index contributed by atoms with van der Waals surface area (Å²) >= 11 is 1.58. The fourth-order valence-electron chi connectivity index (χ4n) is 3.94. The van der Waals surface area contributed by atoms with Gasteiger partial charge in [-0.3, -0.25) is 9.69 Å². The fourth-order valence-corrected chi connectivity index (χ4v) is 4.72. The van der Waals surface area contributed by atoms with Gasteiger partial charge in [-0.1, -0.05) is 30.3 Å². The molecule has 1 amide bonds. The zero-order chi connectivity index (χ0) is 20.1. The maximum atomic E-state index is 13.2. The molecule has 0 spiro atoms. The quantitative estimate of drug-likeness (QED) is 0.644. The zero-order valence-corrected chi connectivity index (χ0v) is 16.9. The summed E-state index contributed by atoms with van der Waals surface area (Å²) in [7, 11) is 0. The lowest BCUT2D eigenvalue weighted by Gasteiger charge is -2.36. The van der Waals surface area contributed by atoms with Crippen LogP contribution < -0.4 is 5.32 Å². The van der Waals surface area contributed by atoms with Gasteiger partial charge in [0.25, 0.3) is 5.91 Å². The molecule has 6 heteroatoms. The number of rotatable bonds is 6. The van der Waals surface area contributed by atoms with E-state index in [0.717, 1.165) is 43.0 Å². The molecule has 1 fully saturated rings. The van der Waals surface area contributed by atoms with Crippen LogP contribution in [0.25, 0.3) is 0 Å². The van der Waals surface area contributed by atoms with Crippen molar-refractivity contribution < 1.29 is 9.18 Å². The van der Waals surface area contributed by atoms with E-state index in [-0.39, 0.29) is 23.7 Å². The summed E-state index contributed by atoms with van der Waals surface area (Å²) < 4.78 is 13.2. The Morgan fingerprint density at radius 3 is 2.72 bits per heavy atom. The molecule has 1 saturated heterocycles. The van der Waals surface area contributed by atoms with Crippen LogP contribution in [0.4, 0.5) is 4.39 Å². The average Bonchev–Trinajstić information content (AvgIpc) is 3.29. The zero-order valence-electron chi connectivity index (χ0n) is 16.1. The van der Waals surface area contributed by atoms with Crippen LogP contribution in [0.1, 0.15) is 39.8 Å². The molecule has 0 radical (unpaired) electrons. The van der Waals surface area contributed by atoms with Crippen LogP contribution in [0.2, 0.25) is 0 Å². The second kappa shape index (κ2) is 9.29. The molecule has 2 aromatic carbocycles. The number of hydrogen-bond acceptors (Lipinski definition) is 4. The fraction of sp³-hybridized carbons (Fsp3) is 0.304. The smallest absolute Gasteiger partial charge is 0.251 e. The van der Waals surface area contributed by atoms with Crippen LogP contribution in [0, 0.1) is 11.7 Å². The minimum Gasteiger partial charge on any atom is -0.342 e. The molecule has 2 unspecified atom stereocenters. The van der Waals surface area contributed by atoms with Crippen molar-refractivity contribution in [3.05, 3.63) is 88.1 Å². The molecule has 1 aromatic heterocycles. The van der Waals surface area contributed by atoms with Gasteiger partial charge >= 0.3 is 0 Å². The van der Waals surface area contributed by atoms with Gasteiger partial charge in [0.2, 0.25) is 0 Å². The van der Waals surface area contributed by atoms with Crippen LogP contribution in [0.15, 0.2) is 66.2 Å². The van der Waals surface area contributed by atoms with E-state index in [1.165, 1.54) is 12.1 Å². The van der Waals surface area contributed by atoms with Gasteiger partial charge in [0.15, 0.2) is 0 Å². The topological polar surface area (TPSA) is 45.2 Å². The minimum atomic E-state index is -0.210. The number of carbonyl (C=O) groups excluding carboxylic acids is 1. The molecular formula is C23H24FN3OS. The van der Waals surface area contributed by atoms with Gasteiger partial charge in [-0.2, -0.15) is 0 Å². The van der Waals surface area contributed by atoms with Crippen LogP contribution in [0.5, 0.6) is 0 Å². The first-order valence-electron chi connectivity index (χ1n) is 9.91. The minimum absolute atomic E-state index is 0.0681. The first-order chi connectivity index (χ1) is 14.2. The Hall–Kier alpha value is -2.57. The number of likely N-dealkylation sites (tertiary alicyclic amines) is 1. The number of piperidine rings is 1. The molecule has 0 aliphatic carbocycles. The van der Waals surface area contributed by atoms with Gasteiger partial charge < -0.3 is 5.32 Å². The monoisotopic (exact) mass is 409 g/mol. The number of aromatic nitrogens is 1. The number of hydrogen-bond donors (Lipinski definition) is 1. The molecule has 1 aliphatic rings. The SMILES string of the molecule is O=C(NC(c1nccs1)C1CCCN(Cc2ccc(F)cc2)C1)c1ccccc1. The lowest BCUT2D eigenvalue weighted by molar-refractivity contribution is 0.0878. The van der Waals surface area contributed by atoms with E-state index in [2.05, 4.69) is 15.2 Å². The van der Waals surface area contributed by atoms with Gasteiger partial charge in [-0.25, -0.2) is 9.37 Å². The highest BCUT2D eigenvalue weighted by atomic mass is 32.1. The van der Waals surface area contributed by atoms with E-state index in [1.807, 2.05) is 47.8 Å². The summed E-state index contributed by atoms with van der Waals surface area (Å²) in [5.41, 5.74) is 1.76. The summed E-state index contributed by atoms with van der Waals surface area (Å²) in [5, 5.41) is 6.13. The Morgan fingerprint density at radius 1 is 1.21 bits per heavy atom. The number of carbonyl (C=O) groups is 1. The van der Waals surface area contributed by atoms with Crippen LogP contribution in [0.3, 0.4) is 0 Å². The van der Waals surface area contributed by atoms with Gasteiger partial charge in [0.1, 0.15) is 10.8 Å². The number of nitrogens with one attached hydrogen (secondary N) is 1. The normalized spacial score (nSPS) is 18.3. The average molecular weight is 410 g/mol. The summed E-state index contributed by atoms with van der Waals surface area (Å²) in [6.07, 6.45) is 3.90.